The molecule has 2 rings (SSSR count). The van der Waals surface area contributed by atoms with Crippen molar-refractivity contribution < 1.29 is 4.79 Å². The fourth-order valence-corrected chi connectivity index (χ4v) is 2.25. The molecule has 1 aromatic carbocycles. The number of rotatable bonds is 6. The summed E-state index contributed by atoms with van der Waals surface area (Å²) in [5, 5.41) is 13.7. The molecular formula is C16H23N5O. The molecule has 0 bridgehead atoms. The first-order valence-electron chi connectivity index (χ1n) is 7.48. The number of carbonyl (C=O) groups excluding carboxylic acids is 1. The van der Waals surface area contributed by atoms with E-state index in [0.29, 0.717) is 19.0 Å². The number of aryl methyl sites for hydroxylation is 1. The fraction of sp³-hybridized carbons (Fsp3) is 0.438. The van der Waals surface area contributed by atoms with Crippen molar-refractivity contribution in [1.82, 2.24) is 25.6 Å². The fourth-order valence-electron chi connectivity index (χ4n) is 2.25. The second kappa shape index (κ2) is 7.59. The van der Waals surface area contributed by atoms with E-state index in [1.807, 2.05) is 12.1 Å². The van der Waals surface area contributed by atoms with E-state index in [-0.39, 0.29) is 6.03 Å². The Morgan fingerprint density at radius 3 is 2.50 bits per heavy atom. The summed E-state index contributed by atoms with van der Waals surface area (Å²) in [7, 11) is 1.75. The van der Waals surface area contributed by atoms with Crippen molar-refractivity contribution in [1.29, 1.82) is 0 Å². The lowest BCUT2D eigenvalue weighted by molar-refractivity contribution is 0.240. The molecule has 0 aliphatic rings. The highest BCUT2D eigenvalue weighted by Crippen LogP contribution is 2.13. The largest absolute Gasteiger partial charge is 0.334 e. The van der Waals surface area contributed by atoms with Gasteiger partial charge in [0.05, 0.1) is 12.7 Å². The minimum atomic E-state index is -0.204. The number of carbonyl (C=O) groups is 1. The summed E-state index contributed by atoms with van der Waals surface area (Å²) in [5.74, 6) is 0.589. The number of amides is 2. The van der Waals surface area contributed by atoms with Crippen molar-refractivity contribution in [3.05, 3.63) is 47.3 Å². The Balaban J connectivity index is 1.83. The normalized spacial score (nSPS) is 10.7. The zero-order valence-electron chi connectivity index (χ0n) is 13.3. The molecular weight excluding hydrogens is 278 g/mol. The Hall–Kier alpha value is -2.37. The number of nitrogens with one attached hydrogen (secondary N) is 2. The van der Waals surface area contributed by atoms with E-state index in [2.05, 4.69) is 46.8 Å². The third-order valence-corrected chi connectivity index (χ3v) is 3.26. The number of urea groups is 1. The maximum atomic E-state index is 11.9. The highest BCUT2D eigenvalue weighted by Gasteiger charge is 2.07. The highest BCUT2D eigenvalue weighted by atomic mass is 16.2. The molecule has 0 aliphatic heterocycles. The van der Waals surface area contributed by atoms with Gasteiger partial charge < -0.3 is 10.6 Å². The lowest BCUT2D eigenvalue weighted by Gasteiger charge is -2.12. The molecule has 0 saturated heterocycles. The molecule has 0 atom stereocenters. The SMILES string of the molecule is CC(C)Cc1ccccc1CNC(=O)NCc1cnn(C)n1. The molecule has 0 saturated carbocycles. The van der Waals surface area contributed by atoms with Crippen molar-refractivity contribution in [2.24, 2.45) is 13.0 Å². The summed E-state index contributed by atoms with van der Waals surface area (Å²) >= 11 is 0. The Morgan fingerprint density at radius 2 is 1.86 bits per heavy atom. The van der Waals surface area contributed by atoms with Crippen LogP contribution in [0.2, 0.25) is 0 Å². The van der Waals surface area contributed by atoms with Gasteiger partial charge in [-0.05, 0) is 23.5 Å². The number of hydrogen-bond acceptors (Lipinski definition) is 3. The third-order valence-electron chi connectivity index (χ3n) is 3.26. The van der Waals surface area contributed by atoms with Gasteiger partial charge in [0.1, 0.15) is 5.69 Å². The second-order valence-corrected chi connectivity index (χ2v) is 5.73. The monoisotopic (exact) mass is 301 g/mol. The van der Waals surface area contributed by atoms with Gasteiger partial charge in [0, 0.05) is 13.6 Å². The maximum absolute atomic E-state index is 11.9. The third kappa shape index (κ3) is 4.87. The first-order chi connectivity index (χ1) is 10.5. The van der Waals surface area contributed by atoms with Crippen molar-refractivity contribution >= 4 is 6.03 Å². The van der Waals surface area contributed by atoms with Crippen LogP contribution < -0.4 is 10.6 Å². The highest BCUT2D eigenvalue weighted by molar-refractivity contribution is 5.73. The molecule has 6 heteroatoms. The average Bonchev–Trinajstić information content (AvgIpc) is 2.89. The summed E-state index contributed by atoms with van der Waals surface area (Å²) in [4.78, 5) is 13.3. The maximum Gasteiger partial charge on any atom is 0.315 e. The van der Waals surface area contributed by atoms with Crippen LogP contribution in [0.15, 0.2) is 30.5 Å². The zero-order valence-corrected chi connectivity index (χ0v) is 13.3. The van der Waals surface area contributed by atoms with Crippen molar-refractivity contribution in [3.8, 4) is 0 Å². The average molecular weight is 301 g/mol. The number of aromatic nitrogens is 3. The molecule has 118 valence electrons. The smallest absolute Gasteiger partial charge is 0.315 e. The van der Waals surface area contributed by atoms with Gasteiger partial charge in [-0.15, -0.1) is 0 Å². The van der Waals surface area contributed by atoms with Gasteiger partial charge in [-0.1, -0.05) is 38.1 Å². The van der Waals surface area contributed by atoms with Gasteiger partial charge in [0.15, 0.2) is 0 Å². The lowest BCUT2D eigenvalue weighted by atomic mass is 9.98. The molecule has 0 fully saturated rings. The molecule has 0 radical (unpaired) electrons. The lowest BCUT2D eigenvalue weighted by Crippen LogP contribution is -2.34. The predicted molar refractivity (Wildman–Crippen MR) is 85.1 cm³/mol. The van der Waals surface area contributed by atoms with Gasteiger partial charge in [-0.3, -0.25) is 0 Å². The van der Waals surface area contributed by atoms with Gasteiger partial charge in [-0.25, -0.2) is 4.79 Å². The first kappa shape index (κ1) is 16.0. The molecule has 2 N–H and O–H groups in total. The molecule has 1 aromatic heterocycles. The van der Waals surface area contributed by atoms with Crippen molar-refractivity contribution in [3.63, 3.8) is 0 Å². The van der Waals surface area contributed by atoms with Crippen LogP contribution in [0.25, 0.3) is 0 Å². The molecule has 22 heavy (non-hydrogen) atoms. The Labute approximate surface area is 130 Å². The minimum Gasteiger partial charge on any atom is -0.334 e. The van der Waals surface area contributed by atoms with E-state index in [1.54, 1.807) is 13.2 Å². The molecule has 0 aliphatic carbocycles. The summed E-state index contributed by atoms with van der Waals surface area (Å²) in [6.45, 7) is 5.28. The van der Waals surface area contributed by atoms with Crippen LogP contribution in [0, 0.1) is 5.92 Å². The molecule has 6 nitrogen and oxygen atoms in total. The molecule has 1 heterocycles. The van der Waals surface area contributed by atoms with Crippen molar-refractivity contribution in [2.45, 2.75) is 33.4 Å². The van der Waals surface area contributed by atoms with E-state index < -0.39 is 0 Å². The van der Waals surface area contributed by atoms with Crippen LogP contribution in [0.1, 0.15) is 30.7 Å². The van der Waals surface area contributed by atoms with E-state index in [4.69, 9.17) is 0 Å². The zero-order chi connectivity index (χ0) is 15.9. The quantitative estimate of drug-likeness (QED) is 0.857. The Morgan fingerprint density at radius 1 is 1.18 bits per heavy atom. The van der Waals surface area contributed by atoms with Crippen LogP contribution in [-0.4, -0.2) is 21.0 Å². The molecule has 2 aromatic rings. The van der Waals surface area contributed by atoms with E-state index in [9.17, 15) is 4.79 Å². The van der Waals surface area contributed by atoms with Gasteiger partial charge in [0.25, 0.3) is 0 Å². The predicted octanol–water partition coefficient (Wildman–Crippen LogP) is 2.01. The summed E-state index contributed by atoms with van der Waals surface area (Å²) < 4.78 is 0. The number of hydrogen-bond donors (Lipinski definition) is 2. The number of benzene rings is 1. The van der Waals surface area contributed by atoms with Gasteiger partial charge in [0.2, 0.25) is 0 Å². The second-order valence-electron chi connectivity index (χ2n) is 5.73. The first-order valence-corrected chi connectivity index (χ1v) is 7.48. The Bertz CT molecular complexity index is 621. The van der Waals surface area contributed by atoms with Crippen LogP contribution in [0.4, 0.5) is 4.79 Å². The Kier molecular flexibility index (Phi) is 5.52. The van der Waals surface area contributed by atoms with Gasteiger partial charge >= 0.3 is 6.03 Å². The minimum absolute atomic E-state index is 0.204. The standard InChI is InChI=1S/C16H23N5O/c1-12(2)8-13-6-4-5-7-14(13)9-17-16(22)18-10-15-11-19-21(3)20-15/h4-7,11-12H,8-10H2,1-3H3,(H2,17,18,22). The van der Waals surface area contributed by atoms with Crippen LogP contribution in [0.5, 0.6) is 0 Å². The van der Waals surface area contributed by atoms with Crippen molar-refractivity contribution in [2.75, 3.05) is 0 Å². The summed E-state index contributed by atoms with van der Waals surface area (Å²) in [6.07, 6.45) is 2.65. The topological polar surface area (TPSA) is 71.8 Å². The molecule has 0 unspecified atom stereocenters. The van der Waals surface area contributed by atoms with Crippen LogP contribution in [0.3, 0.4) is 0 Å². The molecule has 2 amide bonds. The molecule has 0 spiro atoms. The van der Waals surface area contributed by atoms with E-state index in [0.717, 1.165) is 17.7 Å². The van der Waals surface area contributed by atoms with E-state index >= 15 is 0 Å². The summed E-state index contributed by atoms with van der Waals surface area (Å²) in [5.41, 5.74) is 3.18. The van der Waals surface area contributed by atoms with E-state index in [1.165, 1.54) is 10.4 Å². The van der Waals surface area contributed by atoms with Crippen LogP contribution in [-0.2, 0) is 26.6 Å². The van der Waals surface area contributed by atoms with Crippen LogP contribution >= 0.6 is 0 Å². The van der Waals surface area contributed by atoms with Gasteiger partial charge in [-0.2, -0.15) is 15.0 Å². The summed E-state index contributed by atoms with van der Waals surface area (Å²) in [6, 6.07) is 8.01. The number of nitrogens with zero attached hydrogens (tertiary/aromatic N) is 3.